The van der Waals surface area contributed by atoms with Gasteiger partial charge in [-0.3, -0.25) is 4.98 Å². The molecule has 1 heterocycles. The van der Waals surface area contributed by atoms with Crippen molar-refractivity contribution in [3.05, 3.63) is 41.6 Å². The van der Waals surface area contributed by atoms with Crippen LogP contribution in [0.3, 0.4) is 0 Å². The fraction of sp³-hybridized carbons (Fsp3) is 0.438. The van der Waals surface area contributed by atoms with Crippen molar-refractivity contribution in [2.75, 3.05) is 19.6 Å². The van der Waals surface area contributed by atoms with Crippen LogP contribution in [-0.2, 0) is 0 Å². The molecule has 0 fully saturated rings. The van der Waals surface area contributed by atoms with Crippen molar-refractivity contribution >= 4 is 35.7 Å². The van der Waals surface area contributed by atoms with E-state index >= 15 is 0 Å². The van der Waals surface area contributed by atoms with Crippen molar-refractivity contribution in [1.82, 2.24) is 9.88 Å². The standard InChI is InChI=1S/C16H22N2O.2ClH/c1-4-18(5-2)11-15(19)14-8-6-7-13-10-9-12(3)17-16(13)14;;/h6-10,15,19H,4-5,11H2,1-3H3;2*1H. The summed E-state index contributed by atoms with van der Waals surface area (Å²) in [7, 11) is 0. The number of pyridine rings is 1. The molecule has 1 aromatic carbocycles. The smallest absolute Gasteiger partial charge is 0.0937 e. The Morgan fingerprint density at radius 1 is 1.10 bits per heavy atom. The molecule has 2 aromatic rings. The molecule has 0 amide bonds. The molecule has 0 spiro atoms. The highest BCUT2D eigenvalue weighted by Crippen LogP contribution is 2.23. The summed E-state index contributed by atoms with van der Waals surface area (Å²) in [6, 6.07) is 10.1. The maximum atomic E-state index is 10.5. The number of aromatic nitrogens is 1. The highest BCUT2D eigenvalue weighted by atomic mass is 35.5. The molecule has 0 bridgehead atoms. The average molecular weight is 331 g/mol. The van der Waals surface area contributed by atoms with Gasteiger partial charge < -0.3 is 10.0 Å². The van der Waals surface area contributed by atoms with Crippen LogP contribution >= 0.6 is 24.8 Å². The minimum Gasteiger partial charge on any atom is -0.387 e. The number of hydrogen-bond donors (Lipinski definition) is 1. The summed E-state index contributed by atoms with van der Waals surface area (Å²) in [5.41, 5.74) is 2.82. The van der Waals surface area contributed by atoms with E-state index < -0.39 is 6.10 Å². The third-order valence-corrected chi connectivity index (χ3v) is 3.58. The Hall–Kier alpha value is -0.870. The Morgan fingerprint density at radius 3 is 2.38 bits per heavy atom. The summed E-state index contributed by atoms with van der Waals surface area (Å²) in [5.74, 6) is 0. The first-order valence-corrected chi connectivity index (χ1v) is 6.92. The van der Waals surface area contributed by atoms with Crippen LogP contribution in [0.25, 0.3) is 10.9 Å². The number of aliphatic hydroxyl groups is 1. The molecule has 5 heteroatoms. The SMILES string of the molecule is CCN(CC)CC(O)c1cccc2ccc(C)nc12.Cl.Cl. The van der Waals surface area contributed by atoms with Crippen LogP contribution in [-0.4, -0.2) is 34.6 Å². The molecule has 1 atom stereocenters. The Bertz CT molecular complexity index is 559. The molecule has 0 radical (unpaired) electrons. The van der Waals surface area contributed by atoms with Crippen LogP contribution < -0.4 is 0 Å². The minimum atomic E-state index is -0.488. The molecule has 1 unspecified atom stereocenters. The zero-order chi connectivity index (χ0) is 13.8. The molecule has 3 nitrogen and oxygen atoms in total. The summed E-state index contributed by atoms with van der Waals surface area (Å²) < 4.78 is 0. The summed E-state index contributed by atoms with van der Waals surface area (Å²) in [4.78, 5) is 6.80. The van der Waals surface area contributed by atoms with Gasteiger partial charge in [0, 0.05) is 23.2 Å². The van der Waals surface area contributed by atoms with Crippen LogP contribution in [0.15, 0.2) is 30.3 Å². The maximum absolute atomic E-state index is 10.5. The number of nitrogens with zero attached hydrogens (tertiary/aromatic N) is 2. The summed E-state index contributed by atoms with van der Waals surface area (Å²) in [5, 5.41) is 11.5. The van der Waals surface area contributed by atoms with E-state index in [-0.39, 0.29) is 24.8 Å². The van der Waals surface area contributed by atoms with Crippen LogP contribution in [0.1, 0.15) is 31.2 Å². The summed E-state index contributed by atoms with van der Waals surface area (Å²) in [6.45, 7) is 8.76. The van der Waals surface area contributed by atoms with Gasteiger partial charge in [0.25, 0.3) is 0 Å². The van der Waals surface area contributed by atoms with Crippen LogP contribution in [0, 0.1) is 6.92 Å². The summed E-state index contributed by atoms with van der Waals surface area (Å²) in [6.07, 6.45) is -0.488. The van der Waals surface area contributed by atoms with Gasteiger partial charge in [-0.25, -0.2) is 0 Å². The predicted molar refractivity (Wildman–Crippen MR) is 93.7 cm³/mol. The van der Waals surface area contributed by atoms with Crippen molar-refractivity contribution in [2.45, 2.75) is 26.9 Å². The molecular formula is C16H24Cl2N2O. The van der Waals surface area contributed by atoms with Gasteiger partial charge in [0.2, 0.25) is 0 Å². The van der Waals surface area contributed by atoms with E-state index in [1.807, 2.05) is 31.2 Å². The fourth-order valence-corrected chi connectivity index (χ4v) is 2.36. The number of hydrogen-bond acceptors (Lipinski definition) is 3. The van der Waals surface area contributed by atoms with E-state index in [9.17, 15) is 5.11 Å². The van der Waals surface area contributed by atoms with Gasteiger partial charge in [0.05, 0.1) is 11.6 Å². The third kappa shape index (κ3) is 4.82. The molecule has 0 aliphatic carbocycles. The van der Waals surface area contributed by atoms with E-state index in [2.05, 4.69) is 29.8 Å². The number of rotatable bonds is 5. The Labute approximate surface area is 139 Å². The molecule has 21 heavy (non-hydrogen) atoms. The Morgan fingerprint density at radius 2 is 1.76 bits per heavy atom. The van der Waals surface area contributed by atoms with Crippen molar-refractivity contribution in [3.63, 3.8) is 0 Å². The molecule has 1 N–H and O–H groups in total. The normalized spacial score (nSPS) is 11.9. The van der Waals surface area contributed by atoms with Gasteiger partial charge in [0.1, 0.15) is 0 Å². The lowest BCUT2D eigenvalue weighted by Crippen LogP contribution is -2.28. The van der Waals surface area contributed by atoms with Gasteiger partial charge in [0.15, 0.2) is 0 Å². The lowest BCUT2D eigenvalue weighted by atomic mass is 10.0. The number of para-hydroxylation sites is 1. The highest BCUT2D eigenvalue weighted by molar-refractivity contribution is 5.85. The number of benzene rings is 1. The van der Waals surface area contributed by atoms with Gasteiger partial charge in [-0.1, -0.05) is 38.1 Å². The first-order valence-electron chi connectivity index (χ1n) is 6.92. The van der Waals surface area contributed by atoms with Crippen LogP contribution in [0.2, 0.25) is 0 Å². The highest BCUT2D eigenvalue weighted by Gasteiger charge is 2.14. The van der Waals surface area contributed by atoms with E-state index in [4.69, 9.17) is 0 Å². The molecule has 2 rings (SSSR count). The molecule has 118 valence electrons. The number of likely N-dealkylation sites (N-methyl/N-ethyl adjacent to an activating group) is 1. The monoisotopic (exact) mass is 330 g/mol. The largest absolute Gasteiger partial charge is 0.387 e. The van der Waals surface area contributed by atoms with Crippen molar-refractivity contribution < 1.29 is 5.11 Å². The predicted octanol–water partition coefficient (Wildman–Crippen LogP) is 3.76. The molecule has 1 aromatic heterocycles. The Balaban J connectivity index is 0.00000200. The lowest BCUT2D eigenvalue weighted by Gasteiger charge is -2.22. The number of fused-ring (bicyclic) bond motifs is 1. The number of halogens is 2. The second kappa shape index (κ2) is 9.21. The van der Waals surface area contributed by atoms with E-state index in [0.717, 1.165) is 35.2 Å². The van der Waals surface area contributed by atoms with E-state index in [0.29, 0.717) is 6.54 Å². The van der Waals surface area contributed by atoms with E-state index in [1.165, 1.54) is 0 Å². The average Bonchev–Trinajstić information content (AvgIpc) is 2.43. The Kier molecular flexibility index (Phi) is 8.83. The first-order chi connectivity index (χ1) is 9.15. The third-order valence-electron chi connectivity index (χ3n) is 3.58. The zero-order valence-corrected chi connectivity index (χ0v) is 14.4. The van der Waals surface area contributed by atoms with Crippen LogP contribution in [0.5, 0.6) is 0 Å². The molecule has 0 aliphatic rings. The molecule has 0 aliphatic heterocycles. The summed E-state index contributed by atoms with van der Waals surface area (Å²) >= 11 is 0. The fourth-order valence-electron chi connectivity index (χ4n) is 2.36. The minimum absolute atomic E-state index is 0. The zero-order valence-electron chi connectivity index (χ0n) is 12.7. The molecule has 0 saturated carbocycles. The first kappa shape index (κ1) is 20.1. The lowest BCUT2D eigenvalue weighted by molar-refractivity contribution is 0.120. The maximum Gasteiger partial charge on any atom is 0.0937 e. The number of aliphatic hydroxyl groups excluding tert-OH is 1. The van der Waals surface area contributed by atoms with Gasteiger partial charge in [-0.15, -0.1) is 24.8 Å². The van der Waals surface area contributed by atoms with Crippen molar-refractivity contribution in [3.8, 4) is 0 Å². The van der Waals surface area contributed by atoms with E-state index in [1.54, 1.807) is 0 Å². The molecule has 0 saturated heterocycles. The second-order valence-corrected chi connectivity index (χ2v) is 4.87. The van der Waals surface area contributed by atoms with Crippen molar-refractivity contribution in [1.29, 1.82) is 0 Å². The van der Waals surface area contributed by atoms with Gasteiger partial charge >= 0.3 is 0 Å². The van der Waals surface area contributed by atoms with Crippen molar-refractivity contribution in [2.24, 2.45) is 0 Å². The van der Waals surface area contributed by atoms with Gasteiger partial charge in [-0.05, 0) is 26.1 Å². The molecular weight excluding hydrogens is 307 g/mol. The quantitative estimate of drug-likeness (QED) is 0.906. The second-order valence-electron chi connectivity index (χ2n) is 4.87. The van der Waals surface area contributed by atoms with Gasteiger partial charge in [-0.2, -0.15) is 0 Å². The van der Waals surface area contributed by atoms with Crippen LogP contribution in [0.4, 0.5) is 0 Å². The number of aryl methyl sites for hydroxylation is 1. The topological polar surface area (TPSA) is 36.4 Å².